The average Bonchev–Trinajstić information content (AvgIpc) is 2.55. The summed E-state index contributed by atoms with van der Waals surface area (Å²) in [5.41, 5.74) is 4.30. The third-order valence-corrected chi connectivity index (χ3v) is 2.78. The minimum Gasteiger partial charge on any atom is -0.395 e. The highest BCUT2D eigenvalue weighted by Gasteiger charge is 2.39. The zero-order valence-electron chi connectivity index (χ0n) is 9.29. The van der Waals surface area contributed by atoms with Gasteiger partial charge in [0.15, 0.2) is 5.69 Å². The molecule has 0 aliphatic rings. The van der Waals surface area contributed by atoms with Crippen molar-refractivity contribution in [3.8, 4) is 5.69 Å². The summed E-state index contributed by atoms with van der Waals surface area (Å²) < 4.78 is 39.6. The van der Waals surface area contributed by atoms with E-state index in [1.165, 1.54) is 19.1 Å². The zero-order chi connectivity index (χ0) is 13.5. The van der Waals surface area contributed by atoms with Crippen LogP contribution in [0.15, 0.2) is 24.3 Å². The second kappa shape index (κ2) is 4.20. The van der Waals surface area contributed by atoms with Crippen LogP contribution in [0.2, 0.25) is 5.02 Å². The number of halogens is 4. The third-order valence-electron chi connectivity index (χ3n) is 2.46. The summed E-state index contributed by atoms with van der Waals surface area (Å²) in [4.78, 5) is 0. The van der Waals surface area contributed by atoms with Gasteiger partial charge in [-0.25, -0.2) is 4.68 Å². The highest BCUT2D eigenvalue weighted by atomic mass is 35.5. The number of nitrogens with two attached hydrogens (primary N) is 1. The number of alkyl halides is 3. The number of aryl methyl sites for hydroxylation is 1. The van der Waals surface area contributed by atoms with Crippen molar-refractivity contribution < 1.29 is 13.2 Å². The summed E-state index contributed by atoms with van der Waals surface area (Å²) in [7, 11) is 0. The number of aromatic nitrogens is 2. The summed E-state index contributed by atoms with van der Waals surface area (Å²) >= 11 is 5.87. The number of benzene rings is 1. The monoisotopic (exact) mass is 275 g/mol. The molecule has 1 heterocycles. The van der Waals surface area contributed by atoms with Crippen molar-refractivity contribution >= 4 is 17.3 Å². The zero-order valence-corrected chi connectivity index (χ0v) is 10.0. The molecule has 0 bridgehead atoms. The lowest BCUT2D eigenvalue weighted by Crippen LogP contribution is -2.15. The van der Waals surface area contributed by atoms with Gasteiger partial charge in [-0.1, -0.05) is 23.7 Å². The van der Waals surface area contributed by atoms with E-state index < -0.39 is 11.9 Å². The van der Waals surface area contributed by atoms with Crippen LogP contribution < -0.4 is 5.73 Å². The van der Waals surface area contributed by atoms with Gasteiger partial charge in [0.1, 0.15) is 0 Å². The molecule has 1 aromatic heterocycles. The molecule has 0 unspecified atom stereocenters. The molecule has 2 N–H and O–H groups in total. The van der Waals surface area contributed by atoms with Crippen molar-refractivity contribution in [2.24, 2.45) is 0 Å². The van der Waals surface area contributed by atoms with Crippen LogP contribution >= 0.6 is 11.6 Å². The maximum Gasteiger partial charge on any atom is 0.435 e. The molecule has 0 aliphatic heterocycles. The molecule has 0 atom stereocenters. The van der Waals surface area contributed by atoms with E-state index in [1.807, 2.05) is 0 Å². The lowest BCUT2D eigenvalue weighted by atomic mass is 10.2. The highest BCUT2D eigenvalue weighted by molar-refractivity contribution is 6.32. The molecule has 18 heavy (non-hydrogen) atoms. The van der Waals surface area contributed by atoms with Crippen LogP contribution in [-0.4, -0.2) is 9.78 Å². The molecule has 3 nitrogen and oxygen atoms in total. The number of hydrogen-bond donors (Lipinski definition) is 1. The van der Waals surface area contributed by atoms with E-state index in [-0.39, 0.29) is 22.1 Å². The summed E-state index contributed by atoms with van der Waals surface area (Å²) in [6.45, 7) is 1.41. The lowest BCUT2D eigenvalue weighted by Gasteiger charge is -2.12. The number of nitrogens with zero attached hydrogens (tertiary/aromatic N) is 2. The predicted molar refractivity (Wildman–Crippen MR) is 62.7 cm³/mol. The first-order chi connectivity index (χ1) is 8.32. The average molecular weight is 276 g/mol. The van der Waals surface area contributed by atoms with E-state index in [2.05, 4.69) is 5.10 Å². The van der Waals surface area contributed by atoms with Crippen LogP contribution in [0.4, 0.5) is 18.9 Å². The molecule has 0 radical (unpaired) electrons. The Balaban J connectivity index is 2.73. The maximum absolute atomic E-state index is 13.0. The molecule has 0 spiro atoms. The van der Waals surface area contributed by atoms with Gasteiger partial charge in [0.25, 0.3) is 0 Å². The van der Waals surface area contributed by atoms with E-state index in [0.717, 1.165) is 4.68 Å². The SMILES string of the molecule is Cc1nn(-c2ccccc2Cl)c(C(F)(F)F)c1N. The van der Waals surface area contributed by atoms with Gasteiger partial charge >= 0.3 is 6.18 Å². The molecule has 0 saturated heterocycles. The maximum atomic E-state index is 13.0. The molecule has 2 aromatic rings. The second-order valence-corrected chi connectivity index (χ2v) is 4.12. The molecular weight excluding hydrogens is 267 g/mol. The first-order valence-corrected chi connectivity index (χ1v) is 5.37. The van der Waals surface area contributed by atoms with Crippen molar-refractivity contribution in [2.75, 3.05) is 5.73 Å². The summed E-state index contributed by atoms with van der Waals surface area (Å²) in [6, 6.07) is 6.14. The fraction of sp³-hybridized carbons (Fsp3) is 0.182. The molecule has 7 heteroatoms. The van der Waals surface area contributed by atoms with Crippen LogP contribution in [0.25, 0.3) is 5.69 Å². The van der Waals surface area contributed by atoms with Gasteiger partial charge in [-0.2, -0.15) is 18.3 Å². The van der Waals surface area contributed by atoms with Gasteiger partial charge in [-0.15, -0.1) is 0 Å². The molecule has 0 amide bonds. The summed E-state index contributed by atoms with van der Waals surface area (Å²) in [6.07, 6.45) is -4.59. The minimum absolute atomic E-state index is 0.113. The number of anilines is 1. The summed E-state index contributed by atoms with van der Waals surface area (Å²) in [5, 5.41) is 3.97. The van der Waals surface area contributed by atoms with Crippen LogP contribution in [0.5, 0.6) is 0 Å². The molecule has 0 aliphatic carbocycles. The second-order valence-electron chi connectivity index (χ2n) is 3.71. The van der Waals surface area contributed by atoms with Crippen LogP contribution in [0.3, 0.4) is 0 Å². The first kappa shape index (κ1) is 12.8. The Bertz CT molecular complexity index is 590. The number of nitrogen functional groups attached to an aromatic ring is 1. The fourth-order valence-corrected chi connectivity index (χ4v) is 1.83. The van der Waals surface area contributed by atoms with Crippen LogP contribution in [-0.2, 0) is 6.18 Å². The molecule has 2 rings (SSSR count). The third kappa shape index (κ3) is 2.03. The van der Waals surface area contributed by atoms with E-state index in [0.29, 0.717) is 0 Å². The van der Waals surface area contributed by atoms with Gasteiger partial charge in [0.05, 0.1) is 22.1 Å². The Kier molecular flexibility index (Phi) is 2.98. The van der Waals surface area contributed by atoms with Gasteiger partial charge in [-0.05, 0) is 19.1 Å². The van der Waals surface area contributed by atoms with Crippen molar-refractivity contribution in [3.63, 3.8) is 0 Å². The standard InChI is InChI=1S/C11H9ClF3N3/c1-6-9(16)10(11(13,14)15)18(17-6)8-5-3-2-4-7(8)12/h2-5H,16H2,1H3. The highest BCUT2D eigenvalue weighted by Crippen LogP contribution is 2.37. The Morgan fingerprint density at radius 2 is 1.89 bits per heavy atom. The number of para-hydroxylation sites is 1. The largest absolute Gasteiger partial charge is 0.435 e. The minimum atomic E-state index is -4.59. The van der Waals surface area contributed by atoms with Gasteiger partial charge in [0.2, 0.25) is 0 Å². The van der Waals surface area contributed by atoms with Crippen molar-refractivity contribution in [3.05, 3.63) is 40.7 Å². The van der Waals surface area contributed by atoms with E-state index in [9.17, 15) is 13.2 Å². The first-order valence-electron chi connectivity index (χ1n) is 4.99. The number of hydrogen-bond acceptors (Lipinski definition) is 2. The predicted octanol–water partition coefficient (Wildman–Crippen LogP) is 3.44. The molecule has 1 aromatic carbocycles. The Hall–Kier alpha value is -1.69. The lowest BCUT2D eigenvalue weighted by molar-refractivity contribution is -0.142. The van der Waals surface area contributed by atoms with E-state index in [1.54, 1.807) is 12.1 Å². The van der Waals surface area contributed by atoms with Gasteiger partial charge in [0, 0.05) is 0 Å². The van der Waals surface area contributed by atoms with E-state index in [4.69, 9.17) is 17.3 Å². The molecule has 0 saturated carbocycles. The van der Waals surface area contributed by atoms with Crippen molar-refractivity contribution in [1.29, 1.82) is 0 Å². The molecule has 0 fully saturated rings. The Labute approximate surface area is 106 Å². The smallest absolute Gasteiger partial charge is 0.395 e. The molecule has 96 valence electrons. The van der Waals surface area contributed by atoms with Crippen molar-refractivity contribution in [2.45, 2.75) is 13.1 Å². The Morgan fingerprint density at radius 3 is 2.44 bits per heavy atom. The van der Waals surface area contributed by atoms with Crippen molar-refractivity contribution in [1.82, 2.24) is 9.78 Å². The quantitative estimate of drug-likeness (QED) is 0.866. The van der Waals surface area contributed by atoms with Gasteiger partial charge < -0.3 is 5.73 Å². The Morgan fingerprint density at radius 1 is 1.28 bits per heavy atom. The topological polar surface area (TPSA) is 43.8 Å². The van der Waals surface area contributed by atoms with Crippen LogP contribution in [0.1, 0.15) is 11.4 Å². The summed E-state index contributed by atoms with van der Waals surface area (Å²) in [5.74, 6) is 0. The van der Waals surface area contributed by atoms with Gasteiger partial charge in [-0.3, -0.25) is 0 Å². The molecular formula is C11H9ClF3N3. The number of rotatable bonds is 1. The fourth-order valence-electron chi connectivity index (χ4n) is 1.61. The normalized spacial score (nSPS) is 11.8. The van der Waals surface area contributed by atoms with E-state index >= 15 is 0 Å². The van der Waals surface area contributed by atoms with Crippen LogP contribution in [0, 0.1) is 6.92 Å².